The minimum atomic E-state index is 0.313. The molecule has 1 aromatic carbocycles. The van der Waals surface area contributed by atoms with Crippen LogP contribution in [0.4, 0.5) is 0 Å². The number of ether oxygens (including phenoxy) is 2. The van der Waals surface area contributed by atoms with Crippen molar-refractivity contribution >= 4 is 17.2 Å². The first-order chi connectivity index (χ1) is 8.28. The first kappa shape index (κ1) is 11.4. The molecule has 88 valence electrons. The highest BCUT2D eigenvalue weighted by molar-refractivity contribution is 5.87. The summed E-state index contributed by atoms with van der Waals surface area (Å²) in [6.07, 6.45) is 0.698. The molecule has 0 aliphatic heterocycles. The number of benzene rings is 1. The number of fused-ring (bicyclic) bond motifs is 1. The second-order valence-electron chi connectivity index (χ2n) is 3.48. The van der Waals surface area contributed by atoms with Gasteiger partial charge in [0, 0.05) is 11.5 Å². The molecule has 0 saturated carbocycles. The quantitative estimate of drug-likeness (QED) is 0.758. The van der Waals surface area contributed by atoms with E-state index in [9.17, 15) is 4.79 Å². The molecular weight excluding hydrogens is 218 g/mol. The summed E-state index contributed by atoms with van der Waals surface area (Å²) in [4.78, 5) is 15.2. The van der Waals surface area contributed by atoms with E-state index in [2.05, 4.69) is 4.98 Å². The highest BCUT2D eigenvalue weighted by Crippen LogP contribution is 2.25. The number of aromatic nitrogens is 1. The van der Waals surface area contributed by atoms with Crippen LogP contribution in [0.5, 0.6) is 11.5 Å². The van der Waals surface area contributed by atoms with Crippen LogP contribution in [0.3, 0.4) is 0 Å². The van der Waals surface area contributed by atoms with Gasteiger partial charge in [-0.05, 0) is 25.1 Å². The Kier molecular flexibility index (Phi) is 3.23. The molecule has 1 heterocycles. The largest absolute Gasteiger partial charge is 0.497 e. The number of methoxy groups -OCH3 is 1. The van der Waals surface area contributed by atoms with Gasteiger partial charge in [-0.3, -0.25) is 4.79 Å². The second kappa shape index (κ2) is 4.82. The van der Waals surface area contributed by atoms with Gasteiger partial charge in [-0.15, -0.1) is 0 Å². The maximum absolute atomic E-state index is 10.9. The van der Waals surface area contributed by atoms with E-state index < -0.39 is 0 Å². The van der Waals surface area contributed by atoms with Crippen molar-refractivity contribution in [1.82, 2.24) is 4.98 Å². The first-order valence-electron chi connectivity index (χ1n) is 5.35. The van der Waals surface area contributed by atoms with Gasteiger partial charge in [0.15, 0.2) is 6.29 Å². The third kappa shape index (κ3) is 2.20. The molecule has 0 aliphatic carbocycles. The van der Waals surface area contributed by atoms with Crippen LogP contribution < -0.4 is 9.47 Å². The number of rotatable bonds is 4. The molecule has 17 heavy (non-hydrogen) atoms. The molecule has 0 bridgehead atoms. The molecule has 2 aromatic rings. The zero-order valence-electron chi connectivity index (χ0n) is 9.77. The van der Waals surface area contributed by atoms with Crippen LogP contribution in [0.25, 0.3) is 10.9 Å². The van der Waals surface area contributed by atoms with Crippen molar-refractivity contribution in [1.29, 1.82) is 0 Å². The summed E-state index contributed by atoms with van der Waals surface area (Å²) in [6.45, 7) is 2.37. The number of hydrogen-bond acceptors (Lipinski definition) is 4. The van der Waals surface area contributed by atoms with Gasteiger partial charge < -0.3 is 9.47 Å². The van der Waals surface area contributed by atoms with Crippen LogP contribution >= 0.6 is 0 Å². The van der Waals surface area contributed by atoms with Crippen molar-refractivity contribution in [2.24, 2.45) is 0 Å². The molecule has 0 unspecified atom stereocenters. The zero-order chi connectivity index (χ0) is 12.3. The lowest BCUT2D eigenvalue weighted by Gasteiger charge is -2.08. The van der Waals surface area contributed by atoms with Crippen molar-refractivity contribution in [3.63, 3.8) is 0 Å². The molecule has 1 aromatic heterocycles. The summed E-state index contributed by atoms with van der Waals surface area (Å²) >= 11 is 0. The molecule has 0 spiro atoms. The summed E-state index contributed by atoms with van der Waals surface area (Å²) < 4.78 is 10.5. The van der Waals surface area contributed by atoms with E-state index in [0.717, 1.165) is 10.9 Å². The van der Waals surface area contributed by atoms with Gasteiger partial charge >= 0.3 is 0 Å². The maximum atomic E-state index is 10.9. The summed E-state index contributed by atoms with van der Waals surface area (Å²) in [7, 11) is 1.59. The van der Waals surface area contributed by atoms with Gasteiger partial charge in [0.2, 0.25) is 0 Å². The molecule has 0 fully saturated rings. The van der Waals surface area contributed by atoms with E-state index >= 15 is 0 Å². The zero-order valence-corrected chi connectivity index (χ0v) is 9.77. The number of carbonyl (C=O) groups is 1. The van der Waals surface area contributed by atoms with E-state index in [0.29, 0.717) is 30.1 Å². The fourth-order valence-electron chi connectivity index (χ4n) is 1.62. The van der Waals surface area contributed by atoms with Crippen molar-refractivity contribution < 1.29 is 14.3 Å². The third-order valence-corrected chi connectivity index (χ3v) is 2.43. The summed E-state index contributed by atoms with van der Waals surface area (Å²) in [5.41, 5.74) is 1.03. The average molecular weight is 231 g/mol. The molecule has 2 rings (SSSR count). The Balaban J connectivity index is 2.60. The monoisotopic (exact) mass is 231 g/mol. The Morgan fingerprint density at radius 2 is 2.18 bits per heavy atom. The Bertz CT molecular complexity index is 552. The van der Waals surface area contributed by atoms with Gasteiger partial charge in [0.05, 0.1) is 19.2 Å². The molecular formula is C13H13NO3. The van der Waals surface area contributed by atoms with Crippen LogP contribution in [-0.4, -0.2) is 25.0 Å². The number of carbonyl (C=O) groups excluding carboxylic acids is 1. The van der Waals surface area contributed by atoms with Crippen LogP contribution in [0, 0.1) is 0 Å². The maximum Gasteiger partial charge on any atom is 0.172 e. The van der Waals surface area contributed by atoms with Crippen molar-refractivity contribution in [2.45, 2.75) is 6.92 Å². The van der Waals surface area contributed by atoms with E-state index in [4.69, 9.17) is 9.47 Å². The summed E-state index contributed by atoms with van der Waals surface area (Å²) in [6, 6.07) is 7.34. The van der Waals surface area contributed by atoms with E-state index in [1.165, 1.54) is 0 Å². The minimum absolute atomic E-state index is 0.313. The lowest BCUT2D eigenvalue weighted by atomic mass is 10.2. The third-order valence-electron chi connectivity index (χ3n) is 2.43. The summed E-state index contributed by atoms with van der Waals surface area (Å²) in [5.74, 6) is 1.23. The first-order valence-corrected chi connectivity index (χ1v) is 5.35. The average Bonchev–Trinajstić information content (AvgIpc) is 2.37. The normalized spacial score (nSPS) is 10.2. The molecule has 4 nitrogen and oxygen atoms in total. The van der Waals surface area contributed by atoms with Crippen molar-refractivity contribution in [3.8, 4) is 11.5 Å². The molecule has 4 heteroatoms. The number of nitrogens with zero attached hydrogens (tertiary/aromatic N) is 1. The van der Waals surface area contributed by atoms with Gasteiger partial charge in [-0.1, -0.05) is 0 Å². The van der Waals surface area contributed by atoms with Crippen LogP contribution in [-0.2, 0) is 0 Å². The predicted octanol–water partition coefficient (Wildman–Crippen LogP) is 2.45. The molecule has 0 radical (unpaired) electrons. The van der Waals surface area contributed by atoms with E-state index in [1.54, 1.807) is 13.2 Å². The Hall–Kier alpha value is -2.10. The van der Waals surface area contributed by atoms with Crippen molar-refractivity contribution in [2.75, 3.05) is 13.7 Å². The molecule has 0 amide bonds. The highest BCUT2D eigenvalue weighted by Gasteiger charge is 2.07. The molecule has 0 atom stereocenters. The SMILES string of the molecule is CCOc1cc2ccc(OC)cc2nc1C=O. The standard InChI is InChI=1S/C13H13NO3/c1-3-17-13-6-9-4-5-10(16-2)7-11(9)14-12(13)8-15/h4-8H,3H2,1-2H3. The number of hydrogen-bond donors (Lipinski definition) is 0. The van der Waals surface area contributed by atoms with Crippen LogP contribution in [0.15, 0.2) is 24.3 Å². The van der Waals surface area contributed by atoms with Crippen molar-refractivity contribution in [3.05, 3.63) is 30.0 Å². The van der Waals surface area contributed by atoms with E-state index in [1.807, 2.05) is 25.1 Å². The molecule has 0 aliphatic rings. The Morgan fingerprint density at radius 3 is 2.82 bits per heavy atom. The van der Waals surface area contributed by atoms with Gasteiger partial charge in [-0.2, -0.15) is 0 Å². The highest BCUT2D eigenvalue weighted by atomic mass is 16.5. The van der Waals surface area contributed by atoms with Crippen LogP contribution in [0.2, 0.25) is 0 Å². The van der Waals surface area contributed by atoms with Crippen LogP contribution in [0.1, 0.15) is 17.4 Å². The predicted molar refractivity (Wildman–Crippen MR) is 64.9 cm³/mol. The molecule has 0 saturated heterocycles. The fourth-order valence-corrected chi connectivity index (χ4v) is 1.62. The number of aldehydes is 1. The lowest BCUT2D eigenvalue weighted by molar-refractivity contribution is 0.111. The Morgan fingerprint density at radius 1 is 1.35 bits per heavy atom. The van der Waals surface area contributed by atoms with Gasteiger partial charge in [0.25, 0.3) is 0 Å². The Labute approximate surface area is 99.2 Å². The van der Waals surface area contributed by atoms with E-state index in [-0.39, 0.29) is 0 Å². The second-order valence-corrected chi connectivity index (χ2v) is 3.48. The topological polar surface area (TPSA) is 48.4 Å². The number of pyridine rings is 1. The van der Waals surface area contributed by atoms with Gasteiger partial charge in [-0.25, -0.2) is 4.98 Å². The fraction of sp³-hybridized carbons (Fsp3) is 0.231. The smallest absolute Gasteiger partial charge is 0.172 e. The van der Waals surface area contributed by atoms with Gasteiger partial charge in [0.1, 0.15) is 17.2 Å². The molecule has 0 N–H and O–H groups in total. The lowest BCUT2D eigenvalue weighted by Crippen LogP contribution is -1.99. The summed E-state index contributed by atoms with van der Waals surface area (Å²) in [5, 5.41) is 0.917. The minimum Gasteiger partial charge on any atom is -0.497 e.